The quantitative estimate of drug-likeness (QED) is 0.507. The molecule has 0 aliphatic heterocycles. The summed E-state index contributed by atoms with van der Waals surface area (Å²) in [6.45, 7) is 1.76. The third kappa shape index (κ3) is 6.04. The molecule has 0 fully saturated rings. The summed E-state index contributed by atoms with van der Waals surface area (Å²) < 4.78 is 5.43. The van der Waals surface area contributed by atoms with E-state index in [0.717, 1.165) is 36.5 Å². The van der Waals surface area contributed by atoms with E-state index in [9.17, 15) is 0 Å². The van der Waals surface area contributed by atoms with Gasteiger partial charge >= 0.3 is 0 Å². The average molecular weight is 413 g/mol. The van der Waals surface area contributed by atoms with Gasteiger partial charge in [0.1, 0.15) is 11.6 Å². The van der Waals surface area contributed by atoms with Crippen molar-refractivity contribution in [2.24, 2.45) is 0 Å². The van der Waals surface area contributed by atoms with Gasteiger partial charge in [0, 0.05) is 35.6 Å². The molecule has 2 N–H and O–H groups in total. The maximum atomic E-state index is 6.16. The number of nitrogens with one attached hydrogen (secondary N) is 2. The Morgan fingerprint density at radius 3 is 2.59 bits per heavy atom. The number of anilines is 3. The number of halogens is 1. The van der Waals surface area contributed by atoms with E-state index >= 15 is 0 Å². The Balaban J connectivity index is 1.89. The summed E-state index contributed by atoms with van der Waals surface area (Å²) in [4.78, 5) is 15.5. The zero-order valence-electron chi connectivity index (χ0n) is 16.8. The van der Waals surface area contributed by atoms with E-state index in [1.54, 1.807) is 31.6 Å². The molecule has 3 rings (SSSR count). The molecule has 8 heteroatoms. The lowest BCUT2D eigenvalue weighted by Gasteiger charge is -2.14. The monoisotopic (exact) mass is 412 g/mol. The lowest BCUT2D eigenvalue weighted by Crippen LogP contribution is -2.17. The Morgan fingerprint density at radius 1 is 1.07 bits per heavy atom. The zero-order chi connectivity index (χ0) is 20.6. The van der Waals surface area contributed by atoms with Gasteiger partial charge in [0.05, 0.1) is 18.5 Å². The number of hydrogen-bond acceptors (Lipinski definition) is 7. The van der Waals surface area contributed by atoms with Crippen LogP contribution in [-0.4, -0.2) is 54.1 Å². The van der Waals surface area contributed by atoms with Crippen LogP contribution in [0.15, 0.2) is 48.8 Å². The predicted octanol–water partition coefficient (Wildman–Crippen LogP) is 4.31. The summed E-state index contributed by atoms with van der Waals surface area (Å²) in [5, 5.41) is 7.22. The predicted molar refractivity (Wildman–Crippen MR) is 118 cm³/mol. The fourth-order valence-corrected chi connectivity index (χ4v) is 2.94. The maximum Gasteiger partial charge on any atom is 0.225 e. The van der Waals surface area contributed by atoms with Gasteiger partial charge in [0.25, 0.3) is 0 Å². The number of methoxy groups -OCH3 is 1. The van der Waals surface area contributed by atoms with E-state index in [-0.39, 0.29) is 0 Å². The van der Waals surface area contributed by atoms with Gasteiger partial charge < -0.3 is 20.3 Å². The van der Waals surface area contributed by atoms with E-state index in [2.05, 4.69) is 44.6 Å². The molecule has 0 aliphatic carbocycles. The summed E-state index contributed by atoms with van der Waals surface area (Å²) in [6, 6.07) is 11.1. The van der Waals surface area contributed by atoms with Gasteiger partial charge in [-0.2, -0.15) is 4.98 Å². The molecule has 7 nitrogen and oxygen atoms in total. The van der Waals surface area contributed by atoms with Crippen molar-refractivity contribution in [1.29, 1.82) is 0 Å². The van der Waals surface area contributed by atoms with Crippen LogP contribution in [0.1, 0.15) is 6.42 Å². The van der Waals surface area contributed by atoms with Crippen molar-refractivity contribution in [1.82, 2.24) is 19.9 Å². The molecule has 2 heterocycles. The van der Waals surface area contributed by atoms with E-state index in [4.69, 9.17) is 16.3 Å². The van der Waals surface area contributed by atoms with Gasteiger partial charge in [-0.1, -0.05) is 11.6 Å². The smallest absolute Gasteiger partial charge is 0.225 e. The Bertz CT molecular complexity index is 936. The molecule has 0 spiro atoms. The number of aromatic nitrogens is 3. The highest BCUT2D eigenvalue weighted by Crippen LogP contribution is 2.31. The fraction of sp³-hybridized carbons (Fsp3) is 0.286. The standard InChI is InChI=1S/C21H25ClN6O/c1-28(2)12-4-9-24-21-26-17(15-7-10-23-11-8-15)14-20(27-21)25-18-13-16(22)5-6-19(18)29-3/h5-8,10-11,13-14H,4,9,12H2,1-3H3,(H2,24,25,26,27). The molecule has 0 aliphatic rings. The molecule has 1 aromatic carbocycles. The molecular formula is C21H25ClN6O. The number of nitrogens with zero attached hydrogens (tertiary/aromatic N) is 4. The summed E-state index contributed by atoms with van der Waals surface area (Å²) >= 11 is 6.16. The molecule has 0 bridgehead atoms. The van der Waals surface area contributed by atoms with Crippen molar-refractivity contribution >= 4 is 29.1 Å². The van der Waals surface area contributed by atoms with Gasteiger partial charge in [-0.3, -0.25) is 4.98 Å². The van der Waals surface area contributed by atoms with E-state index in [0.29, 0.717) is 22.5 Å². The number of ether oxygens (including phenoxy) is 1. The molecule has 29 heavy (non-hydrogen) atoms. The molecule has 152 valence electrons. The summed E-state index contributed by atoms with van der Waals surface area (Å²) in [6.07, 6.45) is 4.48. The van der Waals surface area contributed by atoms with Gasteiger partial charge in [-0.25, -0.2) is 4.98 Å². The minimum absolute atomic E-state index is 0.557. The summed E-state index contributed by atoms with van der Waals surface area (Å²) in [5.74, 6) is 1.88. The lowest BCUT2D eigenvalue weighted by atomic mass is 10.2. The molecule has 0 atom stereocenters. The van der Waals surface area contributed by atoms with Crippen LogP contribution in [-0.2, 0) is 0 Å². The molecule has 0 amide bonds. The third-order valence-corrected chi connectivity index (χ3v) is 4.43. The van der Waals surface area contributed by atoms with E-state index in [1.807, 2.05) is 24.3 Å². The highest BCUT2D eigenvalue weighted by Gasteiger charge is 2.10. The maximum absolute atomic E-state index is 6.16. The second-order valence-corrected chi connectivity index (χ2v) is 7.19. The second kappa shape index (κ2) is 10.0. The molecule has 0 saturated carbocycles. The first-order chi connectivity index (χ1) is 14.0. The first-order valence-electron chi connectivity index (χ1n) is 9.34. The molecule has 0 radical (unpaired) electrons. The minimum atomic E-state index is 0.557. The minimum Gasteiger partial charge on any atom is -0.495 e. The van der Waals surface area contributed by atoms with Crippen LogP contribution < -0.4 is 15.4 Å². The van der Waals surface area contributed by atoms with Crippen LogP contribution >= 0.6 is 11.6 Å². The first-order valence-corrected chi connectivity index (χ1v) is 9.71. The number of benzene rings is 1. The third-order valence-electron chi connectivity index (χ3n) is 4.19. The average Bonchev–Trinajstić information content (AvgIpc) is 2.72. The van der Waals surface area contributed by atoms with Crippen LogP contribution in [0.4, 0.5) is 17.5 Å². The van der Waals surface area contributed by atoms with Crippen molar-refractivity contribution in [3.8, 4) is 17.0 Å². The Labute approximate surface area is 176 Å². The van der Waals surface area contributed by atoms with Crippen molar-refractivity contribution in [3.05, 3.63) is 53.8 Å². The van der Waals surface area contributed by atoms with Crippen LogP contribution in [0.5, 0.6) is 5.75 Å². The second-order valence-electron chi connectivity index (χ2n) is 6.75. The number of rotatable bonds is 9. The Kier molecular flexibility index (Phi) is 7.21. The van der Waals surface area contributed by atoms with E-state index < -0.39 is 0 Å². The van der Waals surface area contributed by atoms with Crippen molar-refractivity contribution in [3.63, 3.8) is 0 Å². The first kappa shape index (κ1) is 20.8. The zero-order valence-corrected chi connectivity index (χ0v) is 17.6. The fourth-order valence-electron chi connectivity index (χ4n) is 2.77. The Hall–Kier alpha value is -2.90. The largest absolute Gasteiger partial charge is 0.495 e. The van der Waals surface area contributed by atoms with Gasteiger partial charge in [0.15, 0.2) is 0 Å². The molecule has 3 aromatic rings. The van der Waals surface area contributed by atoms with Crippen molar-refractivity contribution in [2.45, 2.75) is 6.42 Å². The van der Waals surface area contributed by atoms with Crippen molar-refractivity contribution < 1.29 is 4.74 Å². The highest BCUT2D eigenvalue weighted by molar-refractivity contribution is 6.31. The molecular weight excluding hydrogens is 388 g/mol. The molecule has 2 aromatic heterocycles. The SMILES string of the molecule is COc1ccc(Cl)cc1Nc1cc(-c2ccncc2)nc(NCCCN(C)C)n1. The van der Waals surface area contributed by atoms with Crippen LogP contribution in [0.3, 0.4) is 0 Å². The normalized spacial score (nSPS) is 10.8. The van der Waals surface area contributed by atoms with Crippen LogP contribution in [0, 0.1) is 0 Å². The topological polar surface area (TPSA) is 75.2 Å². The van der Waals surface area contributed by atoms with Gasteiger partial charge in [-0.15, -0.1) is 0 Å². The Morgan fingerprint density at radius 2 is 1.86 bits per heavy atom. The van der Waals surface area contributed by atoms with Gasteiger partial charge in [-0.05, 0) is 57.4 Å². The summed E-state index contributed by atoms with van der Waals surface area (Å²) in [7, 11) is 5.73. The molecule has 0 saturated heterocycles. The van der Waals surface area contributed by atoms with Crippen LogP contribution in [0.2, 0.25) is 5.02 Å². The van der Waals surface area contributed by atoms with Crippen LogP contribution in [0.25, 0.3) is 11.3 Å². The number of pyridine rings is 1. The summed E-state index contributed by atoms with van der Waals surface area (Å²) in [5.41, 5.74) is 2.48. The van der Waals surface area contributed by atoms with Crippen molar-refractivity contribution in [2.75, 3.05) is 44.9 Å². The van der Waals surface area contributed by atoms with E-state index in [1.165, 1.54) is 0 Å². The highest BCUT2D eigenvalue weighted by atomic mass is 35.5. The molecule has 0 unspecified atom stereocenters. The number of hydrogen-bond donors (Lipinski definition) is 2. The lowest BCUT2D eigenvalue weighted by molar-refractivity contribution is 0.405. The van der Waals surface area contributed by atoms with Gasteiger partial charge in [0.2, 0.25) is 5.95 Å².